The number of carboxylic acids is 3. The van der Waals surface area contributed by atoms with E-state index in [9.17, 15) is 29.7 Å². The van der Waals surface area contributed by atoms with E-state index in [0.29, 0.717) is 60.7 Å². The number of aryl methyl sites for hydroxylation is 1. The summed E-state index contributed by atoms with van der Waals surface area (Å²) in [5.41, 5.74) is 3.26. The van der Waals surface area contributed by atoms with Gasteiger partial charge in [0.1, 0.15) is 0 Å². The molecule has 5 N–H and O–H groups in total. The Kier molecular flexibility index (Phi) is 10.4. The fourth-order valence-electron chi connectivity index (χ4n) is 4.95. The van der Waals surface area contributed by atoms with Gasteiger partial charge in [-0.1, -0.05) is 0 Å². The molecule has 0 aliphatic carbocycles. The maximum Gasteiger partial charge on any atom is 0.335 e. The van der Waals surface area contributed by atoms with Crippen molar-refractivity contribution in [2.24, 2.45) is 20.5 Å². The second kappa shape index (κ2) is 15.6. The number of morpholine rings is 1. The minimum absolute atomic E-state index is 0.0812. The zero-order chi connectivity index (χ0) is 36.6. The predicted octanol–water partition coefficient (Wildman–Crippen LogP) is 7.43. The average Bonchev–Trinajstić information content (AvgIpc) is 3.14. The van der Waals surface area contributed by atoms with E-state index in [1.54, 1.807) is 67.6 Å². The highest BCUT2D eigenvalue weighted by atomic mass is 16.5. The molecule has 0 radical (unpaired) electrons. The van der Waals surface area contributed by atoms with Crippen molar-refractivity contribution in [3.8, 4) is 0 Å². The molecule has 4 aromatic carbocycles. The Bertz CT molecular complexity index is 2150. The molecule has 0 bridgehead atoms. The Balaban J connectivity index is 1.17. The van der Waals surface area contributed by atoms with Crippen LogP contribution in [-0.4, -0.2) is 74.5 Å². The molecule has 52 heavy (non-hydrogen) atoms. The molecule has 1 saturated heterocycles. The molecule has 1 aromatic heterocycles. The van der Waals surface area contributed by atoms with Gasteiger partial charge in [0, 0.05) is 24.5 Å². The minimum Gasteiger partial charge on any atom is -0.478 e. The summed E-state index contributed by atoms with van der Waals surface area (Å²) in [5, 5.41) is 50.9. The molecule has 6 rings (SSSR count). The first-order valence-electron chi connectivity index (χ1n) is 15.7. The summed E-state index contributed by atoms with van der Waals surface area (Å²) >= 11 is 0. The summed E-state index contributed by atoms with van der Waals surface area (Å²) in [6, 6.07) is 22.1. The van der Waals surface area contributed by atoms with Crippen LogP contribution in [0.5, 0.6) is 0 Å². The van der Waals surface area contributed by atoms with Gasteiger partial charge in [0.05, 0.1) is 52.7 Å². The van der Waals surface area contributed by atoms with Crippen LogP contribution < -0.4 is 15.5 Å². The Morgan fingerprint density at radius 2 is 1.02 bits per heavy atom. The number of hydrogen-bond donors (Lipinski definition) is 5. The van der Waals surface area contributed by atoms with E-state index in [-0.39, 0.29) is 34.3 Å². The van der Waals surface area contributed by atoms with Crippen LogP contribution in [0.15, 0.2) is 105 Å². The summed E-state index contributed by atoms with van der Waals surface area (Å²) in [6.45, 7) is 4.04. The zero-order valence-corrected chi connectivity index (χ0v) is 27.5. The van der Waals surface area contributed by atoms with Gasteiger partial charge < -0.3 is 35.6 Å². The number of anilines is 5. The van der Waals surface area contributed by atoms with Crippen molar-refractivity contribution in [3.63, 3.8) is 0 Å². The number of ether oxygens (including phenoxy) is 1. The van der Waals surface area contributed by atoms with Crippen LogP contribution in [0, 0.1) is 6.92 Å². The molecule has 17 heteroatoms. The van der Waals surface area contributed by atoms with Crippen LogP contribution in [0.4, 0.5) is 52.0 Å². The lowest BCUT2D eigenvalue weighted by Gasteiger charge is -2.27. The van der Waals surface area contributed by atoms with E-state index in [0.717, 1.165) is 11.6 Å². The van der Waals surface area contributed by atoms with Crippen LogP contribution in [0.3, 0.4) is 0 Å². The van der Waals surface area contributed by atoms with Crippen molar-refractivity contribution in [3.05, 3.63) is 107 Å². The number of benzene rings is 4. The number of aromatic nitrogens is 3. The average molecular weight is 703 g/mol. The summed E-state index contributed by atoms with van der Waals surface area (Å²) < 4.78 is 5.49. The molecule has 0 spiro atoms. The third kappa shape index (κ3) is 9.10. The van der Waals surface area contributed by atoms with Gasteiger partial charge in [-0.2, -0.15) is 35.4 Å². The molecule has 0 amide bonds. The molecule has 0 atom stereocenters. The molecule has 5 aromatic rings. The first kappa shape index (κ1) is 34.7. The van der Waals surface area contributed by atoms with Crippen molar-refractivity contribution in [1.29, 1.82) is 0 Å². The molecule has 2 heterocycles. The number of rotatable bonds is 12. The third-order valence-corrected chi connectivity index (χ3v) is 7.45. The summed E-state index contributed by atoms with van der Waals surface area (Å²) in [4.78, 5) is 50.0. The van der Waals surface area contributed by atoms with Crippen LogP contribution in [0.2, 0.25) is 0 Å². The highest BCUT2D eigenvalue weighted by Crippen LogP contribution is 2.27. The lowest BCUT2D eigenvalue weighted by Crippen LogP contribution is -2.37. The van der Waals surface area contributed by atoms with E-state index < -0.39 is 17.9 Å². The molecular formula is C35H30N10O7. The molecule has 1 aliphatic heterocycles. The number of aromatic carboxylic acids is 3. The normalized spacial score (nSPS) is 13.0. The molecule has 262 valence electrons. The maximum absolute atomic E-state index is 11.4. The second-order valence-corrected chi connectivity index (χ2v) is 11.4. The van der Waals surface area contributed by atoms with Crippen LogP contribution in [0.25, 0.3) is 0 Å². The lowest BCUT2D eigenvalue weighted by molar-refractivity contribution is 0.0682. The Hall–Kier alpha value is -7.14. The predicted molar refractivity (Wildman–Crippen MR) is 189 cm³/mol. The van der Waals surface area contributed by atoms with E-state index >= 15 is 0 Å². The molecule has 17 nitrogen and oxygen atoms in total. The first-order chi connectivity index (χ1) is 25.1. The molecular weight excluding hydrogens is 672 g/mol. The van der Waals surface area contributed by atoms with Crippen LogP contribution in [0.1, 0.15) is 36.6 Å². The van der Waals surface area contributed by atoms with E-state index in [2.05, 4.69) is 46.0 Å². The van der Waals surface area contributed by atoms with E-state index in [4.69, 9.17) is 4.74 Å². The van der Waals surface area contributed by atoms with Crippen molar-refractivity contribution in [2.45, 2.75) is 6.92 Å². The highest BCUT2D eigenvalue weighted by molar-refractivity contribution is 5.95. The third-order valence-electron chi connectivity index (χ3n) is 7.45. The topological polar surface area (TPSA) is 237 Å². The quantitative estimate of drug-likeness (QED) is 0.0796. The molecule has 0 saturated carbocycles. The van der Waals surface area contributed by atoms with Crippen LogP contribution in [-0.2, 0) is 4.74 Å². The number of nitrogens with zero attached hydrogens (tertiary/aromatic N) is 8. The van der Waals surface area contributed by atoms with Gasteiger partial charge in [0.15, 0.2) is 0 Å². The van der Waals surface area contributed by atoms with Gasteiger partial charge in [-0.05, 0) is 97.4 Å². The van der Waals surface area contributed by atoms with Gasteiger partial charge >= 0.3 is 17.9 Å². The summed E-state index contributed by atoms with van der Waals surface area (Å²) in [6.07, 6.45) is 0. The smallest absolute Gasteiger partial charge is 0.335 e. The lowest BCUT2D eigenvalue weighted by atomic mass is 10.1. The van der Waals surface area contributed by atoms with E-state index in [1.165, 1.54) is 18.2 Å². The second-order valence-electron chi connectivity index (χ2n) is 11.4. The Labute approximate surface area is 295 Å². The number of carbonyl (C=O) groups is 3. The zero-order valence-electron chi connectivity index (χ0n) is 27.5. The highest BCUT2D eigenvalue weighted by Gasteiger charge is 2.17. The summed E-state index contributed by atoms with van der Waals surface area (Å²) in [5.74, 6) is -2.60. The summed E-state index contributed by atoms with van der Waals surface area (Å²) in [7, 11) is 0. The van der Waals surface area contributed by atoms with Crippen molar-refractivity contribution in [2.75, 3.05) is 41.8 Å². The molecule has 1 fully saturated rings. The standard InChI is InChI=1S/C35H30N10O7/c1-20-14-21(30(46)47)17-28(15-20)43-41-26-6-2-24(3-7-26)36-33-38-34(40-35(39-33)45-10-12-52-13-11-45)37-25-4-8-27(9-5-25)42-44-29-18-22(31(48)49)16-23(19-29)32(50)51/h2-9,14-19H,10-13H2,1H3,(H,46,47)(H,48,49)(H,50,51)(H2,36,37,38,39,40). The maximum atomic E-state index is 11.4. The minimum atomic E-state index is -1.28. The largest absolute Gasteiger partial charge is 0.478 e. The fourth-order valence-corrected chi connectivity index (χ4v) is 4.95. The van der Waals surface area contributed by atoms with Gasteiger partial charge in [-0.15, -0.1) is 0 Å². The monoisotopic (exact) mass is 702 g/mol. The van der Waals surface area contributed by atoms with Gasteiger partial charge in [-0.25, -0.2) is 14.4 Å². The number of azo groups is 2. The van der Waals surface area contributed by atoms with Crippen molar-refractivity contribution < 1.29 is 34.4 Å². The van der Waals surface area contributed by atoms with Crippen molar-refractivity contribution >= 4 is 69.9 Å². The Morgan fingerprint density at radius 3 is 1.48 bits per heavy atom. The van der Waals surface area contributed by atoms with Gasteiger partial charge in [0.2, 0.25) is 17.8 Å². The van der Waals surface area contributed by atoms with Gasteiger partial charge in [0.25, 0.3) is 0 Å². The van der Waals surface area contributed by atoms with E-state index in [1.807, 2.05) is 4.90 Å². The molecule has 0 unspecified atom stereocenters. The fraction of sp³-hybridized carbons (Fsp3) is 0.143. The van der Waals surface area contributed by atoms with Crippen LogP contribution >= 0.6 is 0 Å². The number of carboxylic acid groups (broad SMARTS) is 3. The number of hydrogen-bond acceptors (Lipinski definition) is 14. The van der Waals surface area contributed by atoms with Gasteiger partial charge in [-0.3, -0.25) is 0 Å². The Morgan fingerprint density at radius 1 is 0.596 bits per heavy atom. The SMILES string of the molecule is Cc1cc(N=Nc2ccc(Nc3nc(Nc4ccc(N=Nc5cc(C(=O)O)cc(C(=O)O)c5)cc4)nc(N4CCOCC4)n3)cc2)cc(C(=O)O)c1. The molecule has 1 aliphatic rings. The number of nitrogens with one attached hydrogen (secondary N) is 2. The van der Waals surface area contributed by atoms with Crippen molar-refractivity contribution in [1.82, 2.24) is 15.0 Å². The first-order valence-corrected chi connectivity index (χ1v) is 15.7.